The number of amides is 9. The van der Waals surface area contributed by atoms with Gasteiger partial charge in [-0.25, -0.2) is 14.4 Å². The molecule has 2 aliphatic carbocycles. The van der Waals surface area contributed by atoms with Gasteiger partial charge in [0.05, 0.1) is 92.4 Å². The summed E-state index contributed by atoms with van der Waals surface area (Å²) in [6, 6.07) is 25.4. The number of unbranched alkanes of at least 4 members (excludes halogenated alkanes) is 2. The summed E-state index contributed by atoms with van der Waals surface area (Å²) in [4.78, 5) is 129. The van der Waals surface area contributed by atoms with Crippen molar-refractivity contribution in [3.8, 4) is 45.5 Å². The summed E-state index contributed by atoms with van der Waals surface area (Å²) in [6.45, 7) is 8.23. The number of rotatable bonds is 26. The summed E-state index contributed by atoms with van der Waals surface area (Å²) in [5.74, 6) is -2.77. The lowest BCUT2D eigenvalue weighted by Crippen LogP contribution is -2.55. The van der Waals surface area contributed by atoms with Gasteiger partial charge in [0.25, 0.3) is 11.8 Å². The standard InChI is InChI=1S/C76H89N13O15S/c1-43(2)66(82-64(92)38-79-63(91)37-78-62(90)22-23-65(93)85-39-47-14-8-9-15-50(47)68-67(83-84-89(68)45(4)105)51-16-10-11-17-55(51)85)70(95)80-44(3)69(94)81-48-20-18-46(19-21-48)40-104-74(99)88-56-33-61(59(101-6)31-53(56)72(97)87-42-76(26-27-76)35-57(87)73(88)98)103-29-13-7-12-28-102-60-32-54-52(30-58(60)100-5)71(96)86-41-75(24-25-75)34-49(86)36-77-54/h8-11,14-21,30-33,43-45,49,57,66,73,77,98,105H,7,12-13,22-29,34-42H2,1-6H3,(H,78,90)(H,79,91)(H,80,95)(H,81,94)(H,82,92)/t44-,45?,49-,57-,66-,73?/m0/s1. The number of carbonyl (C=O) groups is 9. The predicted octanol–water partition coefficient (Wildman–Crippen LogP) is 7.74. The topological polar surface area (TPSA) is 336 Å². The van der Waals surface area contributed by atoms with Crippen LogP contribution < -0.4 is 60.6 Å². The molecule has 4 fully saturated rings. The maximum absolute atomic E-state index is 14.5. The van der Waals surface area contributed by atoms with Crippen molar-refractivity contribution in [2.75, 3.05) is 80.6 Å². The molecule has 1 aromatic heterocycles. The number of nitrogens with zero attached hydrogens (tertiary/aromatic N) is 7. The molecule has 28 nitrogen and oxygen atoms in total. The molecule has 6 heterocycles. The van der Waals surface area contributed by atoms with Gasteiger partial charge in [-0.1, -0.05) is 73.7 Å². The minimum absolute atomic E-state index is 0.0177. The number of para-hydroxylation sites is 1. The first-order valence-electron chi connectivity index (χ1n) is 35.9. The fraction of sp³-hybridized carbons (Fsp3) is 0.461. The van der Waals surface area contributed by atoms with Crippen LogP contribution in [0.3, 0.4) is 0 Å². The number of hydrogen-bond donors (Lipinski definition) is 8. The number of aliphatic hydroxyl groups is 1. The molecule has 7 N–H and O–H groups in total. The Morgan fingerprint density at radius 1 is 0.676 bits per heavy atom. The number of thiol groups is 1. The number of fused-ring (bicyclic) bond motifs is 9. The molecule has 6 atom stereocenters. The number of aromatic nitrogens is 3. The number of nitrogens with one attached hydrogen (secondary N) is 6. The van der Waals surface area contributed by atoms with Crippen molar-refractivity contribution in [3.05, 3.63) is 119 Å². The van der Waals surface area contributed by atoms with E-state index in [0.29, 0.717) is 96.1 Å². The average Bonchev–Trinajstić information content (AvgIpc) is 1.59. The average molecular weight is 1460 g/mol. The zero-order chi connectivity index (χ0) is 74.0. The Morgan fingerprint density at radius 2 is 1.31 bits per heavy atom. The second kappa shape index (κ2) is 30.7. The predicted molar refractivity (Wildman–Crippen MR) is 391 cm³/mol. The van der Waals surface area contributed by atoms with Gasteiger partial charge in [-0.3, -0.25) is 38.4 Å². The van der Waals surface area contributed by atoms with Gasteiger partial charge < -0.3 is 75.4 Å². The molecule has 6 aromatic rings. The number of methoxy groups -OCH3 is 2. The summed E-state index contributed by atoms with van der Waals surface area (Å²) in [6.07, 6.45) is 4.89. The lowest BCUT2D eigenvalue weighted by atomic mass is 9.95. The van der Waals surface area contributed by atoms with Crippen LogP contribution in [-0.4, -0.2) is 174 Å². The van der Waals surface area contributed by atoms with E-state index in [1.54, 1.807) is 65.8 Å². The second-order valence-corrected chi connectivity index (χ2v) is 29.6. The molecule has 13 rings (SSSR count). The van der Waals surface area contributed by atoms with E-state index in [4.69, 9.17) is 23.7 Å². The summed E-state index contributed by atoms with van der Waals surface area (Å²) in [5, 5.41) is 37.2. The van der Waals surface area contributed by atoms with Crippen LogP contribution in [0.15, 0.2) is 97.1 Å². The van der Waals surface area contributed by atoms with Gasteiger partial charge in [-0.15, -0.1) is 5.10 Å². The SMILES string of the molecule is COc1cc2c(cc1OCCCCCOc1cc3c(cc1OC)C(=O)N1CC4(CC4)C[C@H]1C(O)N3C(=O)OCc1ccc(NC(=O)[C@H](C)NC(=O)[C@@H](NC(=O)CNC(=O)CNC(=O)CCC(=O)N3Cc4ccccc4-c4c(nnn4C(C)S)-c4ccccc43)C(C)C)cc1)NC[C@@H]1CC3(CC3)CN1C2=O. The highest BCUT2D eigenvalue weighted by Gasteiger charge is 2.58. The number of hydrogen-bond acceptors (Lipinski definition) is 19. The Bertz CT molecular complexity index is 4370. The third-order valence-electron chi connectivity index (χ3n) is 21.0. The van der Waals surface area contributed by atoms with E-state index in [0.717, 1.165) is 53.2 Å². The van der Waals surface area contributed by atoms with E-state index in [-0.39, 0.29) is 89.9 Å². The second-order valence-electron chi connectivity index (χ2n) is 28.8. The maximum atomic E-state index is 14.5. The molecule has 554 valence electrons. The normalized spacial score (nSPS) is 19.0. The van der Waals surface area contributed by atoms with Crippen LogP contribution in [0.5, 0.6) is 23.0 Å². The minimum Gasteiger partial charge on any atom is -0.493 e. The molecule has 2 saturated carbocycles. The highest BCUT2D eigenvalue weighted by atomic mass is 32.1. The van der Waals surface area contributed by atoms with Gasteiger partial charge in [0.2, 0.25) is 35.4 Å². The number of benzene rings is 5. The molecular weight excluding hydrogens is 1370 g/mol. The van der Waals surface area contributed by atoms with Crippen molar-refractivity contribution in [2.24, 2.45) is 16.7 Å². The fourth-order valence-corrected chi connectivity index (χ4v) is 15.0. The third-order valence-corrected chi connectivity index (χ3v) is 21.2. The third kappa shape index (κ3) is 15.7. The van der Waals surface area contributed by atoms with E-state index < -0.39 is 79.0 Å². The molecule has 2 saturated heterocycles. The van der Waals surface area contributed by atoms with Crippen molar-refractivity contribution in [1.29, 1.82) is 0 Å². The smallest absolute Gasteiger partial charge is 0.416 e. The van der Waals surface area contributed by atoms with E-state index >= 15 is 0 Å². The Kier molecular flexibility index (Phi) is 21.3. The minimum atomic E-state index is -1.47. The summed E-state index contributed by atoms with van der Waals surface area (Å²) in [7, 11) is 3.03. The van der Waals surface area contributed by atoms with Crippen molar-refractivity contribution in [3.63, 3.8) is 0 Å². The molecule has 5 aliphatic heterocycles. The molecular formula is C76H89N13O15S. The molecule has 2 unspecified atom stereocenters. The van der Waals surface area contributed by atoms with Crippen molar-refractivity contribution in [1.82, 2.24) is 46.1 Å². The Balaban J connectivity index is 0.555. The van der Waals surface area contributed by atoms with Crippen LogP contribution in [-0.2, 0) is 46.7 Å². The number of ether oxygens (including phenoxy) is 5. The largest absolute Gasteiger partial charge is 0.493 e. The van der Waals surface area contributed by atoms with E-state index in [9.17, 15) is 48.3 Å². The van der Waals surface area contributed by atoms with E-state index in [1.807, 2.05) is 66.4 Å². The lowest BCUT2D eigenvalue weighted by molar-refractivity contribution is -0.132. The first-order valence-corrected chi connectivity index (χ1v) is 36.4. The van der Waals surface area contributed by atoms with Gasteiger partial charge in [-0.2, -0.15) is 12.6 Å². The molecule has 2 spiro atoms. The molecule has 0 radical (unpaired) electrons. The first kappa shape index (κ1) is 72.9. The summed E-state index contributed by atoms with van der Waals surface area (Å²) < 4.78 is 31.6. The molecule has 7 aliphatic rings. The molecule has 0 bridgehead atoms. The highest BCUT2D eigenvalue weighted by Crippen LogP contribution is 2.58. The number of aliphatic hydroxyl groups excluding tert-OH is 1. The van der Waals surface area contributed by atoms with E-state index in [1.165, 1.54) is 39.0 Å². The van der Waals surface area contributed by atoms with Gasteiger partial charge in [-0.05, 0) is 130 Å². The molecule has 29 heteroatoms. The fourth-order valence-electron chi connectivity index (χ4n) is 14.8. The first-order chi connectivity index (χ1) is 50.5. The van der Waals surface area contributed by atoms with Gasteiger partial charge in [0.1, 0.15) is 24.4 Å². The van der Waals surface area contributed by atoms with Gasteiger partial charge >= 0.3 is 6.09 Å². The van der Waals surface area contributed by atoms with Gasteiger partial charge in [0, 0.05) is 67.5 Å². The van der Waals surface area contributed by atoms with Crippen molar-refractivity contribution >= 4 is 88.7 Å². The van der Waals surface area contributed by atoms with Crippen LogP contribution in [0.4, 0.5) is 27.5 Å². The Labute approximate surface area is 613 Å². The van der Waals surface area contributed by atoms with Crippen LogP contribution in [0.1, 0.15) is 136 Å². The zero-order valence-electron chi connectivity index (χ0n) is 59.7. The quantitative estimate of drug-likeness (QED) is 0.0190. The Morgan fingerprint density at radius 3 is 2.01 bits per heavy atom. The molecule has 5 aromatic carbocycles. The van der Waals surface area contributed by atoms with Crippen LogP contribution >= 0.6 is 12.6 Å². The monoisotopic (exact) mass is 1460 g/mol. The highest BCUT2D eigenvalue weighted by molar-refractivity contribution is 7.80. The molecule has 105 heavy (non-hydrogen) atoms. The Hall–Kier alpha value is -10.4. The summed E-state index contributed by atoms with van der Waals surface area (Å²) >= 11 is 4.63. The van der Waals surface area contributed by atoms with Crippen LogP contribution in [0.25, 0.3) is 22.5 Å². The van der Waals surface area contributed by atoms with Crippen molar-refractivity contribution < 1.29 is 71.9 Å². The zero-order valence-corrected chi connectivity index (χ0v) is 60.6. The lowest BCUT2D eigenvalue weighted by Gasteiger charge is -2.31. The van der Waals surface area contributed by atoms with E-state index in [2.05, 4.69) is 54.8 Å². The van der Waals surface area contributed by atoms with Gasteiger partial charge in [0.15, 0.2) is 29.2 Å². The molecule has 9 amide bonds. The number of anilines is 4. The van der Waals surface area contributed by atoms with Crippen LogP contribution in [0.2, 0.25) is 0 Å². The van der Waals surface area contributed by atoms with Crippen LogP contribution in [0, 0.1) is 16.7 Å². The number of carbonyl (C=O) groups excluding carboxylic acids is 9. The van der Waals surface area contributed by atoms with Crippen molar-refractivity contribution in [2.45, 2.75) is 147 Å². The summed E-state index contributed by atoms with van der Waals surface area (Å²) in [5.41, 5.74) is 6.92. The maximum Gasteiger partial charge on any atom is 0.416 e.